The summed E-state index contributed by atoms with van der Waals surface area (Å²) in [5, 5.41) is 5.12. The van der Waals surface area contributed by atoms with Crippen LogP contribution in [-0.4, -0.2) is 0 Å². The summed E-state index contributed by atoms with van der Waals surface area (Å²) >= 11 is 3.77. The normalized spacial score (nSPS) is 13.3. The van der Waals surface area contributed by atoms with Crippen molar-refractivity contribution in [1.82, 2.24) is 0 Å². The minimum atomic E-state index is -0.146. The molecule has 0 bridgehead atoms. The van der Waals surface area contributed by atoms with Gasteiger partial charge in [-0.3, -0.25) is 0 Å². The molecule has 0 fully saturated rings. The summed E-state index contributed by atoms with van der Waals surface area (Å²) in [6, 6.07) is 139. The lowest BCUT2D eigenvalue weighted by atomic mass is 9.82. The summed E-state index contributed by atoms with van der Waals surface area (Å²) in [6.45, 7) is 9.48. The second kappa shape index (κ2) is 26.3. The van der Waals surface area contributed by atoms with E-state index in [0.717, 1.165) is 28.4 Å². The van der Waals surface area contributed by atoms with E-state index in [2.05, 4.69) is 414 Å². The molecule has 2 nitrogen and oxygen atoms in total. The molecule has 2 heterocycles. The van der Waals surface area contributed by atoms with Crippen LogP contribution in [-0.2, 0) is 10.8 Å². The van der Waals surface area contributed by atoms with Gasteiger partial charge in [0.2, 0.25) is 0 Å². The molecule has 0 unspecified atom stereocenters. The molecule has 0 amide bonds. The summed E-state index contributed by atoms with van der Waals surface area (Å²) in [5.74, 6) is 0. The standard InChI is InChI=1S/C55H39NS.C49H35NS/c1-55(2)49-27-11-9-22-43(49)44-31-30-41(35-50(44)55)56(42-33-39(36-16-5-3-6-17-36)32-40(34-42)37-18-7-4-8-19-37)51-28-15-26-48-47-25-14-21-38-20-13-24-46(53(38)47)45-23-10-12-29-52(45)57-54(48)51;1-49(2)43-22-8-6-17-37(43)38-30-29-36(31-44(38)49)50(35-27-25-33(26-28-35)32-13-4-3-5-14-32)45-23-12-21-42-41-20-11-16-34-15-10-19-40(47(34)41)39-18-7-9-24-46(39)51-48(42)45/h3-35H,1-2H3;3-31H,1-2H3. The smallest absolute Gasteiger partial charge is 0.0607 e. The topological polar surface area (TPSA) is 6.48 Å². The van der Waals surface area contributed by atoms with Crippen LogP contribution in [0.4, 0.5) is 34.1 Å². The van der Waals surface area contributed by atoms with E-state index in [9.17, 15) is 0 Å². The molecule has 0 atom stereocenters. The van der Waals surface area contributed by atoms with Gasteiger partial charge >= 0.3 is 0 Å². The minimum Gasteiger partial charge on any atom is -0.309 e. The first-order chi connectivity index (χ1) is 53.1. The third-order valence-corrected chi connectivity index (χ3v) is 25.3. The summed E-state index contributed by atoms with van der Waals surface area (Å²) in [4.78, 5) is 10.0. The van der Waals surface area contributed by atoms with Crippen molar-refractivity contribution in [2.45, 2.75) is 58.1 Å². The molecule has 17 aromatic carbocycles. The monoisotopic (exact) mass is 1410 g/mol. The van der Waals surface area contributed by atoms with E-state index >= 15 is 0 Å². The number of rotatable bonds is 9. The second-order valence-electron chi connectivity index (χ2n) is 29.8. The van der Waals surface area contributed by atoms with Crippen LogP contribution >= 0.6 is 23.5 Å². The Bertz CT molecular complexity index is 6360. The van der Waals surface area contributed by atoms with E-state index in [0.29, 0.717) is 0 Å². The van der Waals surface area contributed by atoms with Crippen LogP contribution in [0.2, 0.25) is 0 Å². The third-order valence-electron chi connectivity index (χ3n) is 22.9. The van der Waals surface area contributed by atoms with Gasteiger partial charge in [0, 0.05) is 53.2 Å². The zero-order chi connectivity index (χ0) is 72.2. The van der Waals surface area contributed by atoms with Crippen molar-refractivity contribution < 1.29 is 0 Å². The van der Waals surface area contributed by atoms with E-state index in [-0.39, 0.29) is 10.8 Å². The molecule has 21 rings (SSSR count). The molecule has 0 saturated heterocycles. The summed E-state index contributed by atoms with van der Waals surface area (Å²) in [5.41, 5.74) is 34.7. The van der Waals surface area contributed by atoms with Gasteiger partial charge in [-0.15, -0.1) is 0 Å². The maximum atomic E-state index is 2.53. The Balaban J connectivity index is 0.000000143. The highest BCUT2D eigenvalue weighted by Gasteiger charge is 2.39. The van der Waals surface area contributed by atoms with Crippen LogP contribution in [0.5, 0.6) is 0 Å². The predicted molar refractivity (Wildman–Crippen MR) is 459 cm³/mol. The van der Waals surface area contributed by atoms with Crippen molar-refractivity contribution >= 4 is 79.2 Å². The number of fused-ring (bicyclic) bond motifs is 14. The Labute approximate surface area is 641 Å². The van der Waals surface area contributed by atoms with Gasteiger partial charge in [0.1, 0.15) is 0 Å². The van der Waals surface area contributed by atoms with Crippen LogP contribution in [0.15, 0.2) is 396 Å². The lowest BCUT2D eigenvalue weighted by molar-refractivity contribution is 0.660. The highest BCUT2D eigenvalue weighted by molar-refractivity contribution is 8.00. The van der Waals surface area contributed by atoms with Crippen molar-refractivity contribution in [3.8, 4) is 100 Å². The van der Waals surface area contributed by atoms with Gasteiger partial charge in [-0.1, -0.05) is 348 Å². The number of nitrogens with zero attached hydrogens (tertiary/aromatic N) is 2. The SMILES string of the molecule is CC1(C)c2ccccc2-c2ccc(N(c3cc(-c4ccccc4)cc(-c4ccccc4)c3)c3cccc4c3Sc3ccccc3-c3cccc5cccc-4c35)cc21.CC1(C)c2ccccc2-c2ccc(N(c3ccc(-c4ccccc4)cc3)c3cccc4c3Sc3ccccc3-c3cccc5cccc-4c35)cc21. The fourth-order valence-corrected chi connectivity index (χ4v) is 20.1. The van der Waals surface area contributed by atoms with Gasteiger partial charge in [0.25, 0.3) is 0 Å². The molecule has 17 aromatic rings. The van der Waals surface area contributed by atoms with Crippen LogP contribution in [0.3, 0.4) is 0 Å². The van der Waals surface area contributed by atoms with Crippen molar-refractivity contribution in [2.24, 2.45) is 0 Å². The van der Waals surface area contributed by atoms with Crippen LogP contribution in [0.1, 0.15) is 49.9 Å². The number of hydrogen-bond donors (Lipinski definition) is 0. The third kappa shape index (κ3) is 10.9. The first-order valence-electron chi connectivity index (χ1n) is 37.4. The highest BCUT2D eigenvalue weighted by Crippen LogP contribution is 2.59. The van der Waals surface area contributed by atoms with Gasteiger partial charge in [0.15, 0.2) is 0 Å². The molecule has 2 aliphatic heterocycles. The molecule has 0 radical (unpaired) electrons. The van der Waals surface area contributed by atoms with Gasteiger partial charge in [-0.2, -0.15) is 0 Å². The number of benzene rings is 17. The summed E-state index contributed by atoms with van der Waals surface area (Å²) < 4.78 is 0. The summed E-state index contributed by atoms with van der Waals surface area (Å²) in [7, 11) is 0. The first kappa shape index (κ1) is 65.1. The predicted octanol–water partition coefficient (Wildman–Crippen LogP) is 29.8. The van der Waals surface area contributed by atoms with Crippen molar-refractivity contribution in [1.29, 1.82) is 0 Å². The molecule has 0 N–H and O–H groups in total. The average molecular weight is 1420 g/mol. The largest absolute Gasteiger partial charge is 0.309 e. The fraction of sp³-hybridized carbons (Fsp3) is 0.0577. The molecule has 2 aliphatic carbocycles. The molecular weight excluding hydrogens is 1340 g/mol. The van der Waals surface area contributed by atoms with Crippen molar-refractivity contribution in [3.05, 3.63) is 398 Å². The number of anilines is 6. The highest BCUT2D eigenvalue weighted by atomic mass is 32.2. The van der Waals surface area contributed by atoms with E-state index in [1.165, 1.54) is 169 Å². The van der Waals surface area contributed by atoms with E-state index in [1.807, 2.05) is 23.5 Å². The molecule has 108 heavy (non-hydrogen) atoms. The zero-order valence-corrected chi connectivity index (χ0v) is 62.1. The Kier molecular flexibility index (Phi) is 15.8. The molecular formula is C104H74N2S2. The minimum absolute atomic E-state index is 0.108. The summed E-state index contributed by atoms with van der Waals surface area (Å²) in [6.07, 6.45) is 0. The lowest BCUT2D eigenvalue weighted by Crippen LogP contribution is -2.17. The molecule has 4 aliphatic rings. The molecule has 0 saturated carbocycles. The second-order valence-corrected chi connectivity index (χ2v) is 31.9. The maximum absolute atomic E-state index is 2.53. The van der Waals surface area contributed by atoms with Gasteiger partial charge in [0.05, 0.1) is 11.4 Å². The Morgan fingerprint density at radius 3 is 0.954 bits per heavy atom. The van der Waals surface area contributed by atoms with Crippen LogP contribution < -0.4 is 9.80 Å². The number of hydrogen-bond acceptors (Lipinski definition) is 4. The van der Waals surface area contributed by atoms with Gasteiger partial charge in [-0.25, -0.2) is 0 Å². The van der Waals surface area contributed by atoms with Gasteiger partial charge in [-0.05, 0) is 223 Å². The van der Waals surface area contributed by atoms with E-state index in [4.69, 9.17) is 0 Å². The van der Waals surface area contributed by atoms with Crippen molar-refractivity contribution in [3.63, 3.8) is 0 Å². The molecule has 512 valence electrons. The molecule has 0 spiro atoms. The van der Waals surface area contributed by atoms with E-state index in [1.54, 1.807) is 0 Å². The quantitative estimate of drug-likeness (QED) is 0.142. The van der Waals surface area contributed by atoms with E-state index < -0.39 is 0 Å². The van der Waals surface area contributed by atoms with Crippen LogP contribution in [0, 0.1) is 0 Å². The first-order valence-corrected chi connectivity index (χ1v) is 39.1. The molecule has 4 heteroatoms. The Morgan fingerprint density at radius 1 is 0.204 bits per heavy atom. The van der Waals surface area contributed by atoms with Gasteiger partial charge < -0.3 is 9.80 Å². The Morgan fingerprint density at radius 2 is 0.519 bits per heavy atom. The zero-order valence-electron chi connectivity index (χ0n) is 60.5. The Hall–Kier alpha value is -12.4. The lowest BCUT2D eigenvalue weighted by Gasteiger charge is -2.32. The average Bonchev–Trinajstić information content (AvgIpc) is 1.49. The molecule has 0 aromatic heterocycles. The fourth-order valence-electron chi connectivity index (χ4n) is 17.7. The van der Waals surface area contributed by atoms with Crippen LogP contribution in [0.25, 0.3) is 122 Å². The maximum Gasteiger partial charge on any atom is 0.0607 e. The van der Waals surface area contributed by atoms with Crippen molar-refractivity contribution in [2.75, 3.05) is 9.80 Å².